The van der Waals surface area contributed by atoms with Crippen molar-refractivity contribution in [3.05, 3.63) is 5.82 Å². The van der Waals surface area contributed by atoms with Gasteiger partial charge >= 0.3 is 0 Å². The second kappa shape index (κ2) is 7.55. The number of aryl methyl sites for hydroxylation is 1. The van der Waals surface area contributed by atoms with Gasteiger partial charge in [-0.3, -0.25) is 0 Å². The van der Waals surface area contributed by atoms with Crippen LogP contribution < -0.4 is 5.32 Å². The maximum atomic E-state index is 5.83. The molecule has 6 heteroatoms. The van der Waals surface area contributed by atoms with Crippen LogP contribution in [0.25, 0.3) is 0 Å². The molecule has 0 saturated heterocycles. The average Bonchev–Trinajstić information content (AvgIpc) is 2.83. The van der Waals surface area contributed by atoms with Crippen molar-refractivity contribution in [1.29, 1.82) is 0 Å². The molecule has 1 aromatic heterocycles. The summed E-state index contributed by atoms with van der Waals surface area (Å²) in [6, 6.07) is 0.205. The van der Waals surface area contributed by atoms with Gasteiger partial charge in [0.05, 0.1) is 12.6 Å². The van der Waals surface area contributed by atoms with Gasteiger partial charge < -0.3 is 10.1 Å². The van der Waals surface area contributed by atoms with Crippen molar-refractivity contribution in [2.24, 2.45) is 7.05 Å². The van der Waals surface area contributed by atoms with E-state index in [1.54, 1.807) is 14.2 Å². The lowest BCUT2D eigenvalue weighted by molar-refractivity contribution is -0.0476. The van der Waals surface area contributed by atoms with Gasteiger partial charge in [-0.1, -0.05) is 20.8 Å². The summed E-state index contributed by atoms with van der Waals surface area (Å²) >= 11 is 0. The van der Waals surface area contributed by atoms with Gasteiger partial charge in [-0.15, -0.1) is 10.2 Å². The topological polar surface area (TPSA) is 64.9 Å². The lowest BCUT2D eigenvalue weighted by Crippen LogP contribution is -2.53. The van der Waals surface area contributed by atoms with E-state index in [9.17, 15) is 0 Å². The Morgan fingerprint density at radius 3 is 2.42 bits per heavy atom. The van der Waals surface area contributed by atoms with E-state index in [1.165, 1.54) is 4.80 Å². The molecule has 0 aliphatic heterocycles. The van der Waals surface area contributed by atoms with Gasteiger partial charge in [0, 0.05) is 19.6 Å². The quantitative estimate of drug-likeness (QED) is 0.732. The maximum absolute atomic E-state index is 5.83. The lowest BCUT2D eigenvalue weighted by Gasteiger charge is -2.38. The first-order valence-corrected chi connectivity index (χ1v) is 7.13. The molecule has 0 aliphatic rings. The van der Waals surface area contributed by atoms with Crippen LogP contribution in [0.1, 0.15) is 45.9 Å². The van der Waals surface area contributed by atoms with E-state index in [-0.39, 0.29) is 11.6 Å². The molecule has 0 spiro atoms. The van der Waals surface area contributed by atoms with Crippen molar-refractivity contribution in [1.82, 2.24) is 25.5 Å². The Hall–Kier alpha value is -1.01. The van der Waals surface area contributed by atoms with Gasteiger partial charge in [0.15, 0.2) is 5.82 Å². The first-order valence-electron chi connectivity index (χ1n) is 7.13. The summed E-state index contributed by atoms with van der Waals surface area (Å²) < 4.78 is 5.83. The second-order valence-electron chi connectivity index (χ2n) is 4.88. The van der Waals surface area contributed by atoms with Crippen LogP contribution in [0.4, 0.5) is 0 Å². The van der Waals surface area contributed by atoms with Crippen LogP contribution in [0, 0.1) is 0 Å². The van der Waals surface area contributed by atoms with E-state index in [4.69, 9.17) is 4.74 Å². The average molecular weight is 269 g/mol. The van der Waals surface area contributed by atoms with E-state index in [0.29, 0.717) is 0 Å². The molecule has 0 saturated carbocycles. The van der Waals surface area contributed by atoms with Gasteiger partial charge in [0.1, 0.15) is 0 Å². The molecule has 0 bridgehead atoms. The first kappa shape index (κ1) is 16.0. The van der Waals surface area contributed by atoms with Crippen molar-refractivity contribution >= 4 is 0 Å². The predicted molar refractivity (Wildman–Crippen MR) is 74.9 cm³/mol. The number of aromatic nitrogens is 4. The van der Waals surface area contributed by atoms with Crippen LogP contribution in [0.3, 0.4) is 0 Å². The Morgan fingerprint density at radius 1 is 1.32 bits per heavy atom. The van der Waals surface area contributed by atoms with Crippen LogP contribution >= 0.6 is 0 Å². The van der Waals surface area contributed by atoms with Gasteiger partial charge in [-0.2, -0.15) is 4.80 Å². The molecule has 1 atom stereocenters. The minimum atomic E-state index is -0.172. The van der Waals surface area contributed by atoms with E-state index in [0.717, 1.165) is 38.1 Å². The maximum Gasteiger partial charge on any atom is 0.176 e. The molecule has 0 radical (unpaired) electrons. The molecular formula is C13H27N5O. The fraction of sp³-hybridized carbons (Fsp3) is 0.923. The molecule has 1 aromatic rings. The summed E-state index contributed by atoms with van der Waals surface area (Å²) in [4.78, 5) is 1.50. The number of nitrogens with one attached hydrogen (secondary N) is 1. The minimum absolute atomic E-state index is 0.172. The summed E-state index contributed by atoms with van der Waals surface area (Å²) in [6.07, 6.45) is 3.75. The number of tetrazole rings is 1. The molecule has 0 fully saturated rings. The Labute approximate surface area is 115 Å². The summed E-state index contributed by atoms with van der Waals surface area (Å²) in [5.74, 6) is 0.763. The molecule has 19 heavy (non-hydrogen) atoms. The molecule has 1 unspecified atom stereocenters. The SMILES string of the molecule is CCCNC(Cc1nnn(C)n1)C(CC)(CC)OC. The molecule has 1 N–H and O–H groups in total. The van der Waals surface area contributed by atoms with Gasteiger partial charge in [0.2, 0.25) is 0 Å². The zero-order valence-corrected chi connectivity index (χ0v) is 12.8. The van der Waals surface area contributed by atoms with Crippen molar-refractivity contribution < 1.29 is 4.74 Å². The number of hydrogen-bond acceptors (Lipinski definition) is 5. The van der Waals surface area contributed by atoms with Crippen molar-refractivity contribution in [2.45, 2.75) is 58.1 Å². The largest absolute Gasteiger partial charge is 0.377 e. The lowest BCUT2D eigenvalue weighted by atomic mass is 9.86. The third-order valence-electron chi connectivity index (χ3n) is 3.82. The third kappa shape index (κ3) is 3.98. The zero-order valence-electron chi connectivity index (χ0n) is 12.8. The van der Waals surface area contributed by atoms with E-state index in [2.05, 4.69) is 41.5 Å². The van der Waals surface area contributed by atoms with Gasteiger partial charge in [-0.05, 0) is 31.0 Å². The van der Waals surface area contributed by atoms with Crippen molar-refractivity contribution in [3.63, 3.8) is 0 Å². The highest BCUT2D eigenvalue weighted by molar-refractivity contribution is 4.97. The zero-order chi connectivity index (χ0) is 14.3. The summed E-state index contributed by atoms with van der Waals surface area (Å²) in [5.41, 5.74) is -0.172. The second-order valence-corrected chi connectivity index (χ2v) is 4.88. The van der Waals surface area contributed by atoms with Crippen molar-refractivity contribution in [2.75, 3.05) is 13.7 Å². The number of methoxy groups -OCH3 is 1. The smallest absolute Gasteiger partial charge is 0.176 e. The molecule has 0 aliphatic carbocycles. The monoisotopic (exact) mass is 269 g/mol. The molecule has 0 amide bonds. The van der Waals surface area contributed by atoms with Gasteiger partial charge in [0.25, 0.3) is 0 Å². The number of nitrogens with zero attached hydrogens (tertiary/aromatic N) is 4. The summed E-state index contributed by atoms with van der Waals surface area (Å²) in [6.45, 7) is 7.46. The van der Waals surface area contributed by atoms with Crippen LogP contribution in [0.15, 0.2) is 0 Å². The van der Waals surface area contributed by atoms with Crippen LogP contribution in [-0.2, 0) is 18.2 Å². The number of ether oxygens (including phenoxy) is 1. The number of rotatable bonds is 9. The third-order valence-corrected chi connectivity index (χ3v) is 3.82. The fourth-order valence-corrected chi connectivity index (χ4v) is 2.52. The normalized spacial score (nSPS) is 13.7. The van der Waals surface area contributed by atoms with E-state index >= 15 is 0 Å². The Bertz CT molecular complexity index is 353. The summed E-state index contributed by atoms with van der Waals surface area (Å²) in [5, 5.41) is 15.8. The highest BCUT2D eigenvalue weighted by atomic mass is 16.5. The molecule has 1 rings (SSSR count). The van der Waals surface area contributed by atoms with Crippen molar-refractivity contribution in [3.8, 4) is 0 Å². The Kier molecular flexibility index (Phi) is 6.37. The standard InChI is InChI=1S/C13H27N5O/c1-6-9-14-11(13(7-2,8-3)19-5)10-12-15-17-18(4)16-12/h11,14H,6-10H2,1-5H3. The van der Waals surface area contributed by atoms with E-state index in [1.807, 2.05) is 0 Å². The molecular weight excluding hydrogens is 242 g/mol. The van der Waals surface area contributed by atoms with Crippen LogP contribution in [-0.4, -0.2) is 45.5 Å². The first-order chi connectivity index (χ1) is 9.11. The highest BCUT2D eigenvalue weighted by Gasteiger charge is 2.36. The molecule has 110 valence electrons. The Morgan fingerprint density at radius 2 is 2.00 bits per heavy atom. The summed E-state index contributed by atoms with van der Waals surface area (Å²) in [7, 11) is 3.58. The van der Waals surface area contributed by atoms with E-state index < -0.39 is 0 Å². The van der Waals surface area contributed by atoms with Gasteiger partial charge in [-0.25, -0.2) is 0 Å². The highest BCUT2D eigenvalue weighted by Crippen LogP contribution is 2.26. The predicted octanol–water partition coefficient (Wildman–Crippen LogP) is 1.33. The number of hydrogen-bond donors (Lipinski definition) is 1. The molecule has 6 nitrogen and oxygen atoms in total. The fourth-order valence-electron chi connectivity index (χ4n) is 2.52. The Balaban J connectivity index is 2.86. The minimum Gasteiger partial charge on any atom is -0.377 e. The molecule has 1 heterocycles. The molecule has 0 aromatic carbocycles. The van der Waals surface area contributed by atoms with Crippen LogP contribution in [0.5, 0.6) is 0 Å². The van der Waals surface area contributed by atoms with Crippen LogP contribution in [0.2, 0.25) is 0 Å².